The third kappa shape index (κ3) is 4.89. The van der Waals surface area contributed by atoms with Crippen molar-refractivity contribution in [3.05, 3.63) is 35.9 Å². The van der Waals surface area contributed by atoms with Crippen LogP contribution in [0.4, 0.5) is 4.79 Å². The van der Waals surface area contributed by atoms with E-state index in [0.29, 0.717) is 6.54 Å². The molecule has 0 bridgehead atoms. The van der Waals surface area contributed by atoms with Crippen LogP contribution < -0.4 is 0 Å². The first kappa shape index (κ1) is 17.7. The molecule has 0 radical (unpaired) electrons. The van der Waals surface area contributed by atoms with Crippen LogP contribution in [0.3, 0.4) is 0 Å². The normalized spacial score (nSPS) is 19.3. The number of rotatable bonds is 3. The van der Waals surface area contributed by atoms with Crippen molar-refractivity contribution in [2.75, 3.05) is 12.3 Å². The van der Waals surface area contributed by atoms with E-state index in [2.05, 4.69) is 0 Å². The molecule has 0 unspecified atom stereocenters. The first-order valence-electron chi connectivity index (χ1n) is 7.61. The number of nitrogens with zero attached hydrogens (tertiary/aromatic N) is 1. The third-order valence-corrected chi connectivity index (χ3v) is 4.50. The van der Waals surface area contributed by atoms with Crippen LogP contribution in [0.2, 0.25) is 0 Å². The summed E-state index contributed by atoms with van der Waals surface area (Å²) in [7, 11) is 0. The van der Waals surface area contributed by atoms with Crippen LogP contribution >= 0.6 is 11.8 Å². The van der Waals surface area contributed by atoms with Crippen molar-refractivity contribution in [3.63, 3.8) is 0 Å². The number of ether oxygens (including phenoxy) is 2. The fourth-order valence-electron chi connectivity index (χ4n) is 2.37. The summed E-state index contributed by atoms with van der Waals surface area (Å²) in [4.78, 5) is 25.6. The number of benzene rings is 1. The molecular formula is C17H23NO4S. The lowest BCUT2D eigenvalue weighted by atomic mass is 10.1. The molecule has 0 aromatic heterocycles. The van der Waals surface area contributed by atoms with E-state index in [1.165, 1.54) is 6.92 Å². The van der Waals surface area contributed by atoms with Gasteiger partial charge in [-0.3, -0.25) is 9.69 Å². The monoisotopic (exact) mass is 337 g/mol. The van der Waals surface area contributed by atoms with Crippen LogP contribution in [0.25, 0.3) is 0 Å². The van der Waals surface area contributed by atoms with Crippen LogP contribution in [0.15, 0.2) is 30.3 Å². The Labute approximate surface area is 141 Å². The van der Waals surface area contributed by atoms with Gasteiger partial charge in [-0.15, -0.1) is 11.8 Å². The van der Waals surface area contributed by atoms with Crippen molar-refractivity contribution in [1.29, 1.82) is 0 Å². The van der Waals surface area contributed by atoms with Crippen LogP contribution in [0, 0.1) is 0 Å². The predicted octanol–water partition coefficient (Wildman–Crippen LogP) is 3.60. The Morgan fingerprint density at radius 1 is 1.26 bits per heavy atom. The molecule has 1 saturated heterocycles. The summed E-state index contributed by atoms with van der Waals surface area (Å²) in [5.41, 5.74) is 0.314. The van der Waals surface area contributed by atoms with Crippen LogP contribution in [-0.4, -0.2) is 40.2 Å². The van der Waals surface area contributed by atoms with E-state index in [-0.39, 0.29) is 17.4 Å². The largest absolute Gasteiger partial charge is 0.455 e. The lowest BCUT2D eigenvalue weighted by Gasteiger charge is -2.32. The summed E-state index contributed by atoms with van der Waals surface area (Å²) in [6, 6.07) is 9.49. The van der Waals surface area contributed by atoms with Crippen molar-refractivity contribution in [2.45, 2.75) is 44.8 Å². The lowest BCUT2D eigenvalue weighted by molar-refractivity contribution is -0.148. The second-order valence-electron chi connectivity index (χ2n) is 6.38. The zero-order valence-corrected chi connectivity index (χ0v) is 14.8. The first-order valence-corrected chi connectivity index (χ1v) is 8.66. The van der Waals surface area contributed by atoms with Crippen LogP contribution in [-0.2, 0) is 14.3 Å². The van der Waals surface area contributed by atoms with E-state index < -0.39 is 11.7 Å². The lowest BCUT2D eigenvalue weighted by Crippen LogP contribution is -2.42. The molecule has 1 heterocycles. The molecule has 2 rings (SSSR count). The van der Waals surface area contributed by atoms with Gasteiger partial charge in [0.1, 0.15) is 11.0 Å². The van der Waals surface area contributed by atoms with E-state index in [4.69, 9.17) is 9.47 Å². The molecule has 0 spiro atoms. The molecule has 23 heavy (non-hydrogen) atoms. The molecule has 126 valence electrons. The van der Waals surface area contributed by atoms with Gasteiger partial charge >= 0.3 is 12.1 Å². The van der Waals surface area contributed by atoms with Crippen LogP contribution in [0.5, 0.6) is 0 Å². The summed E-state index contributed by atoms with van der Waals surface area (Å²) in [5, 5.41) is -0.281. The molecule has 1 aliphatic rings. The Hall–Kier alpha value is -1.69. The van der Waals surface area contributed by atoms with Gasteiger partial charge in [-0.1, -0.05) is 30.3 Å². The molecule has 1 fully saturated rings. The standard InChI is InChI=1S/C17H23NO4S/c1-12(19)21-14(13-8-6-5-7-9-13)15-18(10-11-23-15)16(20)22-17(2,3)4/h5-9,14-15H,10-11H2,1-4H3/t14-,15+/m0/s1. The van der Waals surface area contributed by atoms with Crippen molar-refractivity contribution in [3.8, 4) is 0 Å². The van der Waals surface area contributed by atoms with E-state index >= 15 is 0 Å². The van der Waals surface area contributed by atoms with Gasteiger partial charge in [-0.05, 0) is 26.3 Å². The van der Waals surface area contributed by atoms with Crippen molar-refractivity contribution < 1.29 is 19.1 Å². The van der Waals surface area contributed by atoms with Gasteiger partial charge in [0.25, 0.3) is 0 Å². The van der Waals surface area contributed by atoms with E-state index in [1.54, 1.807) is 16.7 Å². The van der Waals surface area contributed by atoms with Crippen molar-refractivity contribution in [1.82, 2.24) is 4.90 Å². The third-order valence-electron chi connectivity index (χ3n) is 3.24. The number of esters is 1. The van der Waals surface area contributed by atoms with Crippen molar-refractivity contribution in [2.24, 2.45) is 0 Å². The highest BCUT2D eigenvalue weighted by Gasteiger charge is 2.40. The maximum Gasteiger partial charge on any atom is 0.411 e. The number of carbonyl (C=O) groups excluding carboxylic acids is 2. The molecule has 2 atom stereocenters. The Morgan fingerprint density at radius 3 is 2.48 bits per heavy atom. The van der Waals surface area contributed by atoms with Gasteiger partial charge in [0.15, 0.2) is 6.10 Å². The minimum Gasteiger partial charge on any atom is -0.455 e. The van der Waals surface area contributed by atoms with Gasteiger partial charge in [-0.25, -0.2) is 4.79 Å². The number of hydrogen-bond donors (Lipinski definition) is 0. The zero-order valence-electron chi connectivity index (χ0n) is 13.9. The highest BCUT2D eigenvalue weighted by molar-refractivity contribution is 8.00. The minimum absolute atomic E-state index is 0.281. The van der Waals surface area contributed by atoms with E-state index in [9.17, 15) is 9.59 Å². The highest BCUT2D eigenvalue weighted by Crippen LogP contribution is 2.37. The molecule has 0 N–H and O–H groups in total. The van der Waals surface area contributed by atoms with Crippen LogP contribution in [0.1, 0.15) is 39.4 Å². The van der Waals surface area contributed by atoms with Gasteiger partial charge in [-0.2, -0.15) is 0 Å². The van der Waals surface area contributed by atoms with E-state index in [0.717, 1.165) is 11.3 Å². The predicted molar refractivity (Wildman–Crippen MR) is 90.1 cm³/mol. The molecule has 5 nitrogen and oxygen atoms in total. The highest BCUT2D eigenvalue weighted by atomic mass is 32.2. The molecule has 1 aromatic carbocycles. The first-order chi connectivity index (χ1) is 10.8. The van der Waals surface area contributed by atoms with Gasteiger partial charge in [0, 0.05) is 19.2 Å². The zero-order chi connectivity index (χ0) is 17.0. The Morgan fingerprint density at radius 2 is 1.91 bits per heavy atom. The summed E-state index contributed by atoms with van der Waals surface area (Å²) >= 11 is 1.60. The summed E-state index contributed by atoms with van der Waals surface area (Å²) in [6.45, 7) is 7.47. The molecule has 0 saturated carbocycles. The summed E-state index contributed by atoms with van der Waals surface area (Å²) in [6.07, 6.45) is -0.880. The average Bonchev–Trinajstić information content (AvgIpc) is 2.93. The summed E-state index contributed by atoms with van der Waals surface area (Å²) in [5.74, 6) is 0.421. The molecule has 6 heteroatoms. The Kier molecular flexibility index (Phi) is 5.57. The number of thioether (sulfide) groups is 1. The molecule has 1 aromatic rings. The molecule has 1 aliphatic heterocycles. The fourth-order valence-corrected chi connectivity index (χ4v) is 3.67. The SMILES string of the molecule is CC(=O)O[C@@H](c1ccccc1)[C@H]1SCCN1C(=O)OC(C)(C)C. The van der Waals surface area contributed by atoms with Gasteiger partial charge < -0.3 is 9.47 Å². The maximum atomic E-state index is 12.4. The summed E-state index contributed by atoms with van der Waals surface area (Å²) < 4.78 is 11.0. The number of hydrogen-bond acceptors (Lipinski definition) is 5. The smallest absolute Gasteiger partial charge is 0.411 e. The maximum absolute atomic E-state index is 12.4. The molecule has 1 amide bonds. The van der Waals surface area contributed by atoms with Gasteiger partial charge in [0.2, 0.25) is 0 Å². The van der Waals surface area contributed by atoms with E-state index in [1.807, 2.05) is 51.1 Å². The molecular weight excluding hydrogens is 314 g/mol. The van der Waals surface area contributed by atoms with Crippen molar-refractivity contribution >= 4 is 23.8 Å². The van der Waals surface area contributed by atoms with Gasteiger partial charge in [0.05, 0.1) is 0 Å². The minimum atomic E-state index is -0.557. The Bertz CT molecular complexity index is 555. The fraction of sp³-hybridized carbons (Fsp3) is 0.529. The second kappa shape index (κ2) is 7.25. The average molecular weight is 337 g/mol. The number of carbonyl (C=O) groups is 2. The Balaban J connectivity index is 2.23. The number of amides is 1. The topological polar surface area (TPSA) is 55.8 Å². The second-order valence-corrected chi connectivity index (χ2v) is 7.60. The quantitative estimate of drug-likeness (QED) is 0.789. The molecule has 0 aliphatic carbocycles.